The number of carbonyl (C=O) groups is 1. The maximum Gasteiger partial charge on any atom is 0.162 e. The Bertz CT molecular complexity index is 264. The standard InChI is InChI=1S/C9H9IO.C3H8.CH4/c1-2-9(11)7-3-5-8(10)6-4-7;1-3-2;/h3-6H,2H2,1H3;3H2,1-2H3;1H4. The number of hydrogen-bond acceptors (Lipinski definition) is 1. The second-order valence-electron chi connectivity index (χ2n) is 2.99. The van der Waals surface area contributed by atoms with Crippen molar-refractivity contribution in [2.24, 2.45) is 0 Å². The highest BCUT2D eigenvalue weighted by Crippen LogP contribution is 2.08. The summed E-state index contributed by atoms with van der Waals surface area (Å²) < 4.78 is 1.16. The molecule has 0 bridgehead atoms. The van der Waals surface area contributed by atoms with Crippen molar-refractivity contribution in [1.29, 1.82) is 0 Å². The Balaban J connectivity index is 0. The van der Waals surface area contributed by atoms with Crippen LogP contribution in [-0.2, 0) is 0 Å². The number of hydrogen-bond donors (Lipinski definition) is 0. The molecule has 0 unspecified atom stereocenters. The van der Waals surface area contributed by atoms with Crippen molar-refractivity contribution in [2.75, 3.05) is 0 Å². The summed E-state index contributed by atoms with van der Waals surface area (Å²) in [6.07, 6.45) is 1.83. The van der Waals surface area contributed by atoms with E-state index >= 15 is 0 Å². The average molecular weight is 320 g/mol. The SMILES string of the molecule is C.CCC.CCC(=O)c1ccc(I)cc1. The Morgan fingerprint density at radius 3 is 1.87 bits per heavy atom. The molecule has 0 aliphatic heterocycles. The maximum absolute atomic E-state index is 11.1. The van der Waals surface area contributed by atoms with E-state index in [9.17, 15) is 4.79 Å². The van der Waals surface area contributed by atoms with E-state index in [2.05, 4.69) is 36.4 Å². The Hall–Kier alpha value is -0.380. The Morgan fingerprint density at radius 2 is 1.53 bits per heavy atom. The largest absolute Gasteiger partial charge is 0.294 e. The van der Waals surface area contributed by atoms with Crippen LogP contribution in [0, 0.1) is 3.57 Å². The van der Waals surface area contributed by atoms with Gasteiger partial charge in [0.25, 0.3) is 0 Å². The van der Waals surface area contributed by atoms with E-state index in [4.69, 9.17) is 0 Å². The van der Waals surface area contributed by atoms with Gasteiger partial charge in [-0.2, -0.15) is 0 Å². The summed E-state index contributed by atoms with van der Waals surface area (Å²) in [5.74, 6) is 0.210. The van der Waals surface area contributed by atoms with Crippen LogP contribution in [0.3, 0.4) is 0 Å². The second-order valence-corrected chi connectivity index (χ2v) is 4.24. The van der Waals surface area contributed by atoms with Crippen molar-refractivity contribution in [3.05, 3.63) is 33.4 Å². The number of ketones is 1. The van der Waals surface area contributed by atoms with E-state index in [1.807, 2.05) is 31.2 Å². The Morgan fingerprint density at radius 1 is 1.13 bits per heavy atom. The van der Waals surface area contributed by atoms with Crippen LogP contribution in [0.1, 0.15) is 51.4 Å². The monoisotopic (exact) mass is 320 g/mol. The van der Waals surface area contributed by atoms with Gasteiger partial charge in [0.1, 0.15) is 0 Å². The number of rotatable bonds is 2. The lowest BCUT2D eigenvalue weighted by Gasteiger charge is -1.96. The first kappa shape index (κ1) is 17.0. The van der Waals surface area contributed by atoms with Crippen LogP contribution in [-0.4, -0.2) is 5.78 Å². The van der Waals surface area contributed by atoms with Crippen molar-refractivity contribution in [2.45, 2.75) is 41.0 Å². The molecule has 86 valence electrons. The first-order valence-corrected chi connectivity index (χ1v) is 6.02. The summed E-state index contributed by atoms with van der Waals surface area (Å²) >= 11 is 2.22. The van der Waals surface area contributed by atoms with E-state index in [0.29, 0.717) is 6.42 Å². The Kier molecular flexibility index (Phi) is 11.5. The number of Topliss-reactive ketones (excluding diaryl/α,β-unsaturated/α-hetero) is 1. The van der Waals surface area contributed by atoms with Crippen molar-refractivity contribution in [3.63, 3.8) is 0 Å². The molecule has 0 aromatic heterocycles. The molecule has 0 heterocycles. The molecule has 0 amide bonds. The van der Waals surface area contributed by atoms with Gasteiger partial charge in [-0.1, -0.05) is 46.8 Å². The lowest BCUT2D eigenvalue weighted by molar-refractivity contribution is 0.0988. The first-order chi connectivity index (χ1) is 6.65. The van der Waals surface area contributed by atoms with Gasteiger partial charge in [-0.05, 0) is 34.7 Å². The fourth-order valence-electron chi connectivity index (χ4n) is 0.840. The van der Waals surface area contributed by atoms with E-state index in [1.54, 1.807) is 0 Å². The van der Waals surface area contributed by atoms with Crippen molar-refractivity contribution in [1.82, 2.24) is 0 Å². The van der Waals surface area contributed by atoms with Crippen LogP contribution in [0.5, 0.6) is 0 Å². The predicted molar refractivity (Wildman–Crippen MR) is 76.5 cm³/mol. The minimum Gasteiger partial charge on any atom is -0.294 e. The zero-order valence-electron chi connectivity index (χ0n) is 9.01. The maximum atomic E-state index is 11.1. The third-order valence-corrected chi connectivity index (χ3v) is 2.21. The minimum atomic E-state index is 0. The van der Waals surface area contributed by atoms with E-state index < -0.39 is 0 Å². The average Bonchev–Trinajstić information content (AvgIpc) is 2.19. The normalized spacial score (nSPS) is 8.27. The van der Waals surface area contributed by atoms with Crippen LogP contribution in [0.2, 0.25) is 0 Å². The van der Waals surface area contributed by atoms with Gasteiger partial charge in [-0.25, -0.2) is 0 Å². The van der Waals surface area contributed by atoms with Gasteiger partial charge in [0.2, 0.25) is 0 Å². The fraction of sp³-hybridized carbons (Fsp3) is 0.462. The van der Waals surface area contributed by atoms with Crippen LogP contribution in [0.4, 0.5) is 0 Å². The zero-order chi connectivity index (χ0) is 11.0. The number of halogens is 1. The summed E-state index contributed by atoms with van der Waals surface area (Å²) in [6, 6.07) is 7.63. The molecule has 0 N–H and O–H groups in total. The highest BCUT2D eigenvalue weighted by atomic mass is 127. The quantitative estimate of drug-likeness (QED) is 0.557. The molecule has 0 spiro atoms. The van der Waals surface area contributed by atoms with Crippen molar-refractivity contribution < 1.29 is 4.79 Å². The molecule has 0 aliphatic carbocycles. The number of benzene rings is 1. The van der Waals surface area contributed by atoms with E-state index in [-0.39, 0.29) is 13.2 Å². The van der Waals surface area contributed by atoms with Crippen molar-refractivity contribution in [3.8, 4) is 0 Å². The van der Waals surface area contributed by atoms with Gasteiger partial charge in [-0.3, -0.25) is 4.79 Å². The molecule has 0 saturated carbocycles. The van der Waals surface area contributed by atoms with Crippen molar-refractivity contribution >= 4 is 28.4 Å². The van der Waals surface area contributed by atoms with Crippen LogP contribution in [0.25, 0.3) is 0 Å². The smallest absolute Gasteiger partial charge is 0.162 e. The second kappa shape index (κ2) is 10.1. The molecule has 1 rings (SSSR count). The van der Waals surface area contributed by atoms with Gasteiger partial charge >= 0.3 is 0 Å². The Labute approximate surface area is 107 Å². The minimum absolute atomic E-state index is 0. The molecule has 0 fully saturated rings. The summed E-state index contributed by atoms with van der Waals surface area (Å²) in [4.78, 5) is 11.1. The third-order valence-electron chi connectivity index (χ3n) is 1.49. The molecular weight excluding hydrogens is 299 g/mol. The molecular formula is C13H21IO. The highest BCUT2D eigenvalue weighted by molar-refractivity contribution is 14.1. The number of carbonyl (C=O) groups excluding carboxylic acids is 1. The first-order valence-electron chi connectivity index (χ1n) is 4.94. The molecule has 1 aromatic carbocycles. The third kappa shape index (κ3) is 7.54. The lowest BCUT2D eigenvalue weighted by Crippen LogP contribution is -1.95. The molecule has 0 atom stereocenters. The van der Waals surface area contributed by atoms with E-state index in [0.717, 1.165) is 9.13 Å². The summed E-state index contributed by atoms with van der Waals surface area (Å²) in [5, 5.41) is 0. The van der Waals surface area contributed by atoms with Gasteiger partial charge < -0.3 is 0 Å². The highest BCUT2D eigenvalue weighted by Gasteiger charge is 2.00. The lowest BCUT2D eigenvalue weighted by atomic mass is 10.1. The topological polar surface area (TPSA) is 17.1 Å². The molecule has 15 heavy (non-hydrogen) atoms. The molecule has 0 saturated heterocycles. The summed E-state index contributed by atoms with van der Waals surface area (Å²) in [5.41, 5.74) is 0.813. The van der Waals surface area contributed by atoms with Crippen LogP contribution < -0.4 is 0 Å². The summed E-state index contributed by atoms with van der Waals surface area (Å²) in [6.45, 7) is 6.13. The van der Waals surface area contributed by atoms with Gasteiger partial charge in [0.15, 0.2) is 5.78 Å². The molecule has 1 nitrogen and oxygen atoms in total. The summed E-state index contributed by atoms with van der Waals surface area (Å²) in [7, 11) is 0. The fourth-order valence-corrected chi connectivity index (χ4v) is 1.20. The van der Waals surface area contributed by atoms with Gasteiger partial charge in [0, 0.05) is 15.6 Å². The molecule has 2 heteroatoms. The zero-order valence-corrected chi connectivity index (χ0v) is 11.2. The molecule has 0 aliphatic rings. The van der Waals surface area contributed by atoms with Gasteiger partial charge in [-0.15, -0.1) is 0 Å². The van der Waals surface area contributed by atoms with Gasteiger partial charge in [0.05, 0.1) is 0 Å². The van der Waals surface area contributed by atoms with E-state index in [1.165, 1.54) is 6.42 Å². The predicted octanol–water partition coefficient (Wildman–Crippen LogP) is 4.94. The molecule has 0 radical (unpaired) electrons. The molecule has 1 aromatic rings. The van der Waals surface area contributed by atoms with Crippen LogP contribution in [0.15, 0.2) is 24.3 Å². The van der Waals surface area contributed by atoms with Crippen LogP contribution >= 0.6 is 22.6 Å².